The normalized spacial score (nSPS) is 34.0. The number of aliphatic hydroxyl groups is 1. The molecule has 1 aliphatic carbocycles. The molecule has 0 radical (unpaired) electrons. The number of allylic oxidation sites excluding steroid dienone is 1. The maximum Gasteiger partial charge on any atom is 0.334 e. The van der Waals surface area contributed by atoms with E-state index in [0.29, 0.717) is 6.42 Å². The van der Waals surface area contributed by atoms with Crippen LogP contribution in [-0.4, -0.2) is 52.7 Å². The van der Waals surface area contributed by atoms with Gasteiger partial charge in [0.2, 0.25) is 0 Å². The molecule has 0 aromatic rings. The van der Waals surface area contributed by atoms with Gasteiger partial charge in [-0.3, -0.25) is 14.4 Å². The molecule has 1 saturated heterocycles. The number of esters is 3. The molecule has 2 aliphatic rings. The Labute approximate surface area is 176 Å². The fourth-order valence-corrected chi connectivity index (χ4v) is 3.75. The first-order valence-corrected chi connectivity index (χ1v) is 10.0. The fourth-order valence-electron chi connectivity index (χ4n) is 3.75. The minimum atomic E-state index is -2.15. The van der Waals surface area contributed by atoms with Crippen LogP contribution in [0.4, 0.5) is 0 Å². The van der Waals surface area contributed by atoms with Crippen molar-refractivity contribution in [3.63, 3.8) is 0 Å². The molecule has 1 heterocycles. The van der Waals surface area contributed by atoms with E-state index in [1.807, 2.05) is 13.8 Å². The van der Waals surface area contributed by atoms with E-state index in [1.165, 1.54) is 6.92 Å². The number of ether oxygens (including phenoxy) is 3. The van der Waals surface area contributed by atoms with Crippen molar-refractivity contribution in [3.05, 3.63) is 23.8 Å². The van der Waals surface area contributed by atoms with Crippen LogP contribution in [0.3, 0.4) is 0 Å². The number of carbonyl (C=O) groups excluding carboxylic acids is 4. The highest BCUT2D eigenvalue weighted by Crippen LogP contribution is 2.39. The van der Waals surface area contributed by atoms with E-state index in [4.69, 9.17) is 14.2 Å². The van der Waals surface area contributed by atoms with Gasteiger partial charge in [0, 0.05) is 25.3 Å². The van der Waals surface area contributed by atoms with Crippen LogP contribution in [0.1, 0.15) is 53.9 Å². The van der Waals surface area contributed by atoms with Gasteiger partial charge in [0.15, 0.2) is 23.6 Å². The molecule has 0 bridgehead atoms. The lowest BCUT2D eigenvalue weighted by atomic mass is 9.78. The van der Waals surface area contributed by atoms with E-state index in [-0.39, 0.29) is 24.3 Å². The molecular weight excluding hydrogens is 392 g/mol. The molecule has 1 N–H and O–H groups in total. The van der Waals surface area contributed by atoms with Gasteiger partial charge in [0.05, 0.1) is 5.92 Å². The molecule has 1 fully saturated rings. The summed E-state index contributed by atoms with van der Waals surface area (Å²) >= 11 is 0. The van der Waals surface area contributed by atoms with Gasteiger partial charge in [-0.15, -0.1) is 0 Å². The minimum absolute atomic E-state index is 0.0195. The minimum Gasteiger partial charge on any atom is -0.457 e. The third-order valence-corrected chi connectivity index (χ3v) is 5.36. The molecule has 8 nitrogen and oxygen atoms in total. The molecule has 0 aromatic heterocycles. The Bertz CT molecular complexity index is 776. The SMILES string of the molecule is C=C1C(=O)O[C@H]2/C=C(\C)CCC(=O)[C@@](C)(O)[C@@H](OC(C)=O)[C@@H](OC(=O)CC(C)C)[C@H]12. The smallest absolute Gasteiger partial charge is 0.334 e. The Morgan fingerprint density at radius 3 is 2.50 bits per heavy atom. The van der Waals surface area contributed by atoms with Crippen molar-refractivity contribution in [1.29, 1.82) is 0 Å². The predicted molar refractivity (Wildman–Crippen MR) is 106 cm³/mol. The first-order chi connectivity index (χ1) is 13.8. The van der Waals surface area contributed by atoms with Gasteiger partial charge in [-0.25, -0.2) is 4.79 Å². The van der Waals surface area contributed by atoms with Crippen molar-refractivity contribution in [2.45, 2.75) is 77.8 Å². The van der Waals surface area contributed by atoms with Gasteiger partial charge >= 0.3 is 17.9 Å². The average Bonchev–Trinajstić information content (AvgIpc) is 2.88. The molecule has 166 valence electrons. The first-order valence-electron chi connectivity index (χ1n) is 10.0. The summed E-state index contributed by atoms with van der Waals surface area (Å²) in [5.41, 5.74) is -1.36. The quantitative estimate of drug-likeness (QED) is 0.317. The zero-order valence-corrected chi connectivity index (χ0v) is 18.1. The van der Waals surface area contributed by atoms with Crippen molar-refractivity contribution in [3.8, 4) is 0 Å². The van der Waals surface area contributed by atoms with Crippen molar-refractivity contribution >= 4 is 23.7 Å². The van der Waals surface area contributed by atoms with Crippen molar-refractivity contribution < 1.29 is 38.5 Å². The monoisotopic (exact) mass is 422 g/mol. The summed E-state index contributed by atoms with van der Waals surface area (Å²) < 4.78 is 16.4. The lowest BCUT2D eigenvalue weighted by Gasteiger charge is -2.39. The summed E-state index contributed by atoms with van der Waals surface area (Å²) in [7, 11) is 0. The van der Waals surface area contributed by atoms with Gasteiger partial charge < -0.3 is 19.3 Å². The standard InChI is InChI=1S/C22H30O8/c1-11(2)9-17(25)30-19-18-13(4)21(26)29-15(18)10-12(3)7-8-16(24)22(6,27)20(19)28-14(5)23/h10-11,15,18-20,27H,4,7-9H2,1-3,5-6H3/b12-10+/t15-,18+,19-,20-,22+/m0/s1. The summed E-state index contributed by atoms with van der Waals surface area (Å²) in [4.78, 5) is 49.5. The van der Waals surface area contributed by atoms with Crippen LogP contribution in [0.25, 0.3) is 0 Å². The van der Waals surface area contributed by atoms with Crippen LogP contribution in [0, 0.1) is 11.8 Å². The lowest BCUT2D eigenvalue weighted by molar-refractivity contribution is -0.197. The number of hydrogen-bond acceptors (Lipinski definition) is 8. The van der Waals surface area contributed by atoms with Crippen molar-refractivity contribution in [1.82, 2.24) is 0 Å². The zero-order valence-electron chi connectivity index (χ0n) is 18.1. The van der Waals surface area contributed by atoms with E-state index in [0.717, 1.165) is 12.5 Å². The third-order valence-electron chi connectivity index (χ3n) is 5.36. The Morgan fingerprint density at radius 1 is 1.30 bits per heavy atom. The van der Waals surface area contributed by atoms with Gasteiger partial charge in [-0.1, -0.05) is 26.0 Å². The molecule has 1 aliphatic heterocycles. The van der Waals surface area contributed by atoms with E-state index in [2.05, 4.69) is 6.58 Å². The summed E-state index contributed by atoms with van der Waals surface area (Å²) in [6.45, 7) is 11.5. The summed E-state index contributed by atoms with van der Waals surface area (Å²) in [6.07, 6.45) is -1.66. The molecule has 0 saturated carbocycles. The van der Waals surface area contributed by atoms with Crippen molar-refractivity contribution in [2.24, 2.45) is 11.8 Å². The van der Waals surface area contributed by atoms with Gasteiger partial charge in [0.25, 0.3) is 0 Å². The average molecular weight is 422 g/mol. The Balaban J connectivity index is 2.63. The largest absolute Gasteiger partial charge is 0.457 e. The number of ketones is 1. The number of carbonyl (C=O) groups is 4. The fraction of sp³-hybridized carbons (Fsp3) is 0.636. The molecule has 0 unspecified atom stereocenters. The molecular formula is C22H30O8. The van der Waals surface area contributed by atoms with E-state index in [9.17, 15) is 24.3 Å². The number of rotatable bonds is 4. The van der Waals surface area contributed by atoms with Gasteiger partial charge in [-0.2, -0.15) is 0 Å². The molecule has 0 spiro atoms. The highest BCUT2D eigenvalue weighted by atomic mass is 16.6. The lowest BCUT2D eigenvalue weighted by Crippen LogP contribution is -2.58. The maximum absolute atomic E-state index is 12.8. The summed E-state index contributed by atoms with van der Waals surface area (Å²) in [6, 6.07) is 0. The molecule has 0 amide bonds. The first kappa shape index (κ1) is 23.8. The number of hydrogen-bond donors (Lipinski definition) is 1. The topological polar surface area (TPSA) is 116 Å². The van der Waals surface area contributed by atoms with Gasteiger partial charge in [0.1, 0.15) is 6.10 Å². The van der Waals surface area contributed by atoms with Crippen LogP contribution >= 0.6 is 0 Å². The van der Waals surface area contributed by atoms with Crippen LogP contribution in [0.5, 0.6) is 0 Å². The summed E-state index contributed by atoms with van der Waals surface area (Å²) in [5, 5.41) is 11.1. The Kier molecular flexibility index (Phi) is 7.23. The second-order valence-corrected chi connectivity index (χ2v) is 8.59. The van der Waals surface area contributed by atoms with Crippen LogP contribution in [0.15, 0.2) is 23.8 Å². The van der Waals surface area contributed by atoms with E-state index >= 15 is 0 Å². The molecule has 5 atom stereocenters. The second-order valence-electron chi connectivity index (χ2n) is 8.59. The van der Waals surface area contributed by atoms with Crippen LogP contribution in [-0.2, 0) is 33.4 Å². The second kappa shape index (κ2) is 9.12. The number of fused-ring (bicyclic) bond motifs is 1. The highest BCUT2D eigenvalue weighted by Gasteiger charge is 2.55. The predicted octanol–water partition coefficient (Wildman–Crippen LogP) is 2.03. The van der Waals surface area contributed by atoms with E-state index < -0.39 is 53.5 Å². The van der Waals surface area contributed by atoms with Crippen molar-refractivity contribution in [2.75, 3.05) is 0 Å². The zero-order chi connectivity index (χ0) is 22.8. The Morgan fingerprint density at radius 2 is 1.93 bits per heavy atom. The third kappa shape index (κ3) is 5.16. The molecule has 2 rings (SSSR count). The van der Waals surface area contributed by atoms with Gasteiger partial charge in [-0.05, 0) is 32.3 Å². The highest BCUT2D eigenvalue weighted by molar-refractivity contribution is 5.92. The van der Waals surface area contributed by atoms with Crippen LogP contribution < -0.4 is 0 Å². The molecule has 8 heteroatoms. The maximum atomic E-state index is 12.8. The number of Topliss-reactive ketones (excluding diaryl/α,β-unsaturated/α-hetero) is 1. The van der Waals surface area contributed by atoms with E-state index in [1.54, 1.807) is 13.0 Å². The molecule has 30 heavy (non-hydrogen) atoms. The summed E-state index contributed by atoms with van der Waals surface area (Å²) in [5.74, 6) is -3.57. The molecule has 0 aromatic carbocycles. The Hall–Kier alpha value is -2.48. The van der Waals surface area contributed by atoms with Crippen LogP contribution in [0.2, 0.25) is 0 Å².